The summed E-state index contributed by atoms with van der Waals surface area (Å²) in [4.78, 5) is 11.4. The highest BCUT2D eigenvalue weighted by molar-refractivity contribution is 6.36. The van der Waals surface area contributed by atoms with Crippen molar-refractivity contribution in [1.82, 2.24) is 9.97 Å². The van der Waals surface area contributed by atoms with Crippen molar-refractivity contribution < 1.29 is 0 Å². The van der Waals surface area contributed by atoms with E-state index in [4.69, 9.17) is 23.2 Å². The first-order chi connectivity index (χ1) is 11.0. The zero-order valence-electron chi connectivity index (χ0n) is 13.3. The fourth-order valence-electron chi connectivity index (χ4n) is 2.74. The summed E-state index contributed by atoms with van der Waals surface area (Å²) in [6.07, 6.45) is 2.41. The van der Waals surface area contributed by atoms with Gasteiger partial charge in [0.1, 0.15) is 17.5 Å². The Hall–Kier alpha value is -1.52. The van der Waals surface area contributed by atoms with E-state index in [1.165, 1.54) is 12.8 Å². The molecular formula is C17H20Cl2N4. The number of anilines is 3. The zero-order valence-corrected chi connectivity index (χ0v) is 14.8. The lowest BCUT2D eigenvalue weighted by atomic mass is 9.99. The van der Waals surface area contributed by atoms with E-state index < -0.39 is 0 Å². The van der Waals surface area contributed by atoms with Crippen LogP contribution in [-0.2, 0) is 0 Å². The molecule has 0 atom stereocenters. The van der Waals surface area contributed by atoms with Crippen molar-refractivity contribution in [3.05, 3.63) is 40.1 Å². The number of nitrogens with one attached hydrogen (secondary N) is 1. The summed E-state index contributed by atoms with van der Waals surface area (Å²) in [5, 5.41) is 4.45. The van der Waals surface area contributed by atoms with Crippen LogP contribution in [0.2, 0.25) is 10.0 Å². The number of hydrogen-bond donors (Lipinski definition) is 1. The highest BCUT2D eigenvalue weighted by Gasteiger charge is 2.18. The summed E-state index contributed by atoms with van der Waals surface area (Å²) in [5.74, 6) is 3.25. The molecule has 0 aliphatic carbocycles. The summed E-state index contributed by atoms with van der Waals surface area (Å²) in [5.41, 5.74) is 0.785. The van der Waals surface area contributed by atoms with E-state index in [-0.39, 0.29) is 0 Å². The quantitative estimate of drug-likeness (QED) is 0.838. The van der Waals surface area contributed by atoms with Crippen LogP contribution in [0.25, 0.3) is 0 Å². The molecule has 1 saturated heterocycles. The lowest BCUT2D eigenvalue weighted by Crippen LogP contribution is -2.33. The second-order valence-corrected chi connectivity index (χ2v) is 6.92. The van der Waals surface area contributed by atoms with Crippen LogP contribution in [0.15, 0.2) is 24.3 Å². The molecule has 0 radical (unpaired) electrons. The van der Waals surface area contributed by atoms with E-state index in [9.17, 15) is 0 Å². The summed E-state index contributed by atoms with van der Waals surface area (Å²) < 4.78 is 0. The summed E-state index contributed by atoms with van der Waals surface area (Å²) >= 11 is 12.2. The largest absolute Gasteiger partial charge is 0.356 e. The third-order valence-electron chi connectivity index (χ3n) is 4.13. The van der Waals surface area contributed by atoms with Crippen molar-refractivity contribution in [3.63, 3.8) is 0 Å². The first-order valence-electron chi connectivity index (χ1n) is 7.84. The molecule has 1 aliphatic rings. The molecule has 0 unspecified atom stereocenters. The fraction of sp³-hybridized carbons (Fsp3) is 0.412. The second kappa shape index (κ2) is 6.93. The van der Waals surface area contributed by atoms with Crippen molar-refractivity contribution in [2.45, 2.75) is 26.7 Å². The second-order valence-electron chi connectivity index (χ2n) is 6.08. The minimum atomic E-state index is 0.571. The Bertz CT molecular complexity index is 697. The Labute approximate surface area is 146 Å². The van der Waals surface area contributed by atoms with Gasteiger partial charge in [0.2, 0.25) is 0 Å². The summed E-state index contributed by atoms with van der Waals surface area (Å²) in [6, 6.07) is 7.35. The van der Waals surface area contributed by atoms with E-state index in [1.807, 2.05) is 19.1 Å². The Morgan fingerprint density at radius 1 is 1.13 bits per heavy atom. The Morgan fingerprint density at radius 2 is 1.87 bits per heavy atom. The molecule has 3 rings (SSSR count). The van der Waals surface area contributed by atoms with E-state index in [0.717, 1.165) is 42.2 Å². The number of benzene rings is 1. The van der Waals surface area contributed by atoms with Crippen LogP contribution in [0, 0.1) is 12.8 Å². The molecule has 2 heterocycles. The summed E-state index contributed by atoms with van der Waals surface area (Å²) in [6.45, 7) is 6.29. The standard InChI is InChI=1S/C17H20Cl2N4/c1-11-5-7-23(8-6-11)17-10-16(20-12(2)21-17)22-15-4-3-13(18)9-14(15)19/h3-4,9-11H,5-8H2,1-2H3,(H,20,21,22). The first-order valence-corrected chi connectivity index (χ1v) is 8.59. The maximum absolute atomic E-state index is 6.22. The van der Waals surface area contributed by atoms with Crippen LogP contribution in [0.5, 0.6) is 0 Å². The molecule has 1 aromatic carbocycles. The highest BCUT2D eigenvalue weighted by atomic mass is 35.5. The van der Waals surface area contributed by atoms with Gasteiger partial charge >= 0.3 is 0 Å². The van der Waals surface area contributed by atoms with Crippen molar-refractivity contribution in [3.8, 4) is 0 Å². The van der Waals surface area contributed by atoms with Gasteiger partial charge in [-0.2, -0.15) is 0 Å². The Kier molecular flexibility index (Phi) is 4.93. The van der Waals surface area contributed by atoms with E-state index >= 15 is 0 Å². The van der Waals surface area contributed by atoms with Gasteiger partial charge in [0, 0.05) is 24.2 Å². The lowest BCUT2D eigenvalue weighted by molar-refractivity contribution is 0.436. The fourth-order valence-corrected chi connectivity index (χ4v) is 3.20. The zero-order chi connectivity index (χ0) is 16.4. The molecular weight excluding hydrogens is 331 g/mol. The molecule has 1 fully saturated rings. The Balaban J connectivity index is 1.82. The van der Waals surface area contributed by atoms with E-state index in [2.05, 4.69) is 27.1 Å². The van der Waals surface area contributed by atoms with Gasteiger partial charge in [-0.25, -0.2) is 9.97 Å². The van der Waals surface area contributed by atoms with Crippen LogP contribution in [-0.4, -0.2) is 23.1 Å². The molecule has 1 aliphatic heterocycles. The first kappa shape index (κ1) is 16.3. The van der Waals surface area contributed by atoms with Gasteiger partial charge in [-0.3, -0.25) is 0 Å². The third kappa shape index (κ3) is 4.06. The number of aryl methyl sites for hydroxylation is 1. The number of hydrogen-bond acceptors (Lipinski definition) is 4. The van der Waals surface area contributed by atoms with Gasteiger partial charge in [-0.15, -0.1) is 0 Å². The number of nitrogens with zero attached hydrogens (tertiary/aromatic N) is 3. The lowest BCUT2D eigenvalue weighted by Gasteiger charge is -2.31. The monoisotopic (exact) mass is 350 g/mol. The molecule has 4 nitrogen and oxygen atoms in total. The topological polar surface area (TPSA) is 41.1 Å². The molecule has 1 aromatic heterocycles. The molecule has 0 amide bonds. The minimum absolute atomic E-state index is 0.571. The molecule has 0 spiro atoms. The van der Waals surface area contributed by atoms with Crippen molar-refractivity contribution in [2.75, 3.05) is 23.3 Å². The van der Waals surface area contributed by atoms with Gasteiger partial charge in [0.25, 0.3) is 0 Å². The SMILES string of the molecule is Cc1nc(Nc2ccc(Cl)cc2Cl)cc(N2CCC(C)CC2)n1. The average molecular weight is 351 g/mol. The van der Waals surface area contributed by atoms with E-state index in [1.54, 1.807) is 12.1 Å². The third-order valence-corrected chi connectivity index (χ3v) is 4.67. The maximum atomic E-state index is 6.22. The van der Waals surface area contributed by atoms with E-state index in [0.29, 0.717) is 10.0 Å². The molecule has 0 bridgehead atoms. The predicted molar refractivity (Wildman–Crippen MR) is 97.1 cm³/mol. The van der Waals surface area contributed by atoms with Gasteiger partial charge in [0.15, 0.2) is 0 Å². The van der Waals surface area contributed by atoms with Crippen LogP contribution >= 0.6 is 23.2 Å². The number of aromatic nitrogens is 2. The van der Waals surface area contributed by atoms with Crippen LogP contribution in [0.3, 0.4) is 0 Å². The predicted octanol–water partition coefficient (Wildman–Crippen LogP) is 5.07. The Morgan fingerprint density at radius 3 is 2.57 bits per heavy atom. The van der Waals surface area contributed by atoms with Crippen molar-refractivity contribution in [2.24, 2.45) is 5.92 Å². The number of halogens is 2. The minimum Gasteiger partial charge on any atom is -0.356 e. The van der Waals surface area contributed by atoms with Gasteiger partial charge in [0.05, 0.1) is 10.7 Å². The number of piperidine rings is 1. The van der Waals surface area contributed by atoms with Crippen molar-refractivity contribution in [1.29, 1.82) is 0 Å². The maximum Gasteiger partial charge on any atom is 0.136 e. The average Bonchev–Trinajstić information content (AvgIpc) is 2.50. The highest BCUT2D eigenvalue weighted by Crippen LogP contribution is 2.29. The molecule has 23 heavy (non-hydrogen) atoms. The van der Waals surface area contributed by atoms with Crippen LogP contribution < -0.4 is 10.2 Å². The normalized spacial score (nSPS) is 15.7. The molecule has 2 aromatic rings. The van der Waals surface area contributed by atoms with Crippen LogP contribution in [0.4, 0.5) is 17.3 Å². The van der Waals surface area contributed by atoms with Gasteiger partial charge in [-0.1, -0.05) is 30.1 Å². The number of rotatable bonds is 3. The van der Waals surface area contributed by atoms with Gasteiger partial charge < -0.3 is 10.2 Å². The van der Waals surface area contributed by atoms with Crippen LogP contribution in [0.1, 0.15) is 25.6 Å². The van der Waals surface area contributed by atoms with Gasteiger partial charge in [-0.05, 0) is 43.9 Å². The smallest absolute Gasteiger partial charge is 0.136 e. The summed E-state index contributed by atoms with van der Waals surface area (Å²) in [7, 11) is 0. The van der Waals surface area contributed by atoms with Crippen molar-refractivity contribution >= 4 is 40.5 Å². The molecule has 122 valence electrons. The molecule has 0 saturated carbocycles. The molecule has 6 heteroatoms. The molecule has 1 N–H and O–H groups in total.